The van der Waals surface area contributed by atoms with Gasteiger partial charge in [-0.3, -0.25) is 4.79 Å². The zero-order chi connectivity index (χ0) is 24.4. The Balaban J connectivity index is 0.000000147. The summed E-state index contributed by atoms with van der Waals surface area (Å²) < 4.78 is 5.00. The summed E-state index contributed by atoms with van der Waals surface area (Å²) >= 11 is 0. The molecule has 0 aliphatic heterocycles. The number of rotatable bonds is 3. The lowest BCUT2D eigenvalue weighted by Gasteiger charge is -2.13. The van der Waals surface area contributed by atoms with Crippen LogP contribution in [0.3, 0.4) is 0 Å². The molecule has 2 nitrogen and oxygen atoms in total. The predicted molar refractivity (Wildman–Crippen MR) is 148 cm³/mol. The minimum absolute atomic E-state index is 0.310. The van der Waals surface area contributed by atoms with Crippen LogP contribution in [0.4, 0.5) is 0 Å². The van der Waals surface area contributed by atoms with Crippen molar-refractivity contribution in [2.75, 3.05) is 0 Å². The Morgan fingerprint density at radius 2 is 0.743 bits per heavy atom. The van der Waals surface area contributed by atoms with Crippen LogP contribution in [0.15, 0.2) is 97.1 Å². The van der Waals surface area contributed by atoms with E-state index in [4.69, 9.17) is 4.74 Å². The Morgan fingerprint density at radius 1 is 0.486 bits per heavy atom. The molecule has 0 atom stereocenters. The first-order chi connectivity index (χ1) is 17.1. The Bertz CT molecular complexity index is 1520. The summed E-state index contributed by atoms with van der Waals surface area (Å²) in [6, 6.07) is 33.8. The second kappa shape index (κ2) is 9.60. The molecule has 0 spiro atoms. The molecule has 0 fully saturated rings. The third kappa shape index (κ3) is 4.02. The maximum Gasteiger partial charge on any atom is 0.293 e. The number of hydrogen-bond acceptors (Lipinski definition) is 2. The van der Waals surface area contributed by atoms with Crippen molar-refractivity contribution in [2.24, 2.45) is 0 Å². The average molecular weight is 457 g/mol. The molecule has 0 N–H and O–H groups in total. The molecular formula is C33H28O2. The second-order valence-corrected chi connectivity index (χ2v) is 8.94. The number of carbonyl (C=O) groups excluding carboxylic acids is 1. The molecule has 0 bridgehead atoms. The quantitative estimate of drug-likeness (QED) is 0.197. The highest BCUT2D eigenvalue weighted by atomic mass is 16.5. The molecule has 0 saturated carbocycles. The van der Waals surface area contributed by atoms with Gasteiger partial charge in [0, 0.05) is 5.56 Å². The fourth-order valence-corrected chi connectivity index (χ4v) is 5.27. The van der Waals surface area contributed by atoms with Crippen LogP contribution in [0.25, 0.3) is 43.1 Å². The van der Waals surface area contributed by atoms with Crippen molar-refractivity contribution in [3.8, 4) is 0 Å². The number of benzene rings is 6. The highest BCUT2D eigenvalue weighted by molar-refractivity contribution is 6.06. The Hall–Kier alpha value is -4.17. The lowest BCUT2D eigenvalue weighted by Crippen LogP contribution is -1.95. The number of fused-ring (bicyclic) bond motifs is 4. The van der Waals surface area contributed by atoms with Gasteiger partial charge < -0.3 is 4.74 Å². The summed E-state index contributed by atoms with van der Waals surface area (Å²) in [4.78, 5) is 10.5. The molecule has 0 aliphatic carbocycles. The normalized spacial score (nSPS) is 10.9. The van der Waals surface area contributed by atoms with Crippen molar-refractivity contribution in [1.82, 2.24) is 0 Å². The van der Waals surface area contributed by atoms with Gasteiger partial charge in [-0.25, -0.2) is 0 Å². The molecule has 2 heteroatoms. The SMILES string of the molecule is Cc1c2ccccc2c(C)c2ccccc12.Cc1c2ccccc2c(COC=O)c2ccccc12. The molecule has 0 radical (unpaired) electrons. The molecule has 6 aromatic rings. The maximum absolute atomic E-state index is 10.5. The van der Waals surface area contributed by atoms with Gasteiger partial charge in [-0.1, -0.05) is 97.1 Å². The Kier molecular flexibility index (Phi) is 6.20. The van der Waals surface area contributed by atoms with Crippen molar-refractivity contribution in [1.29, 1.82) is 0 Å². The number of aryl methyl sites for hydroxylation is 3. The van der Waals surface area contributed by atoms with Crippen LogP contribution < -0.4 is 0 Å². The summed E-state index contributed by atoms with van der Waals surface area (Å²) in [5.41, 5.74) is 5.11. The van der Waals surface area contributed by atoms with E-state index in [2.05, 4.69) is 93.6 Å². The highest BCUT2D eigenvalue weighted by Gasteiger charge is 2.11. The molecule has 0 unspecified atom stereocenters. The van der Waals surface area contributed by atoms with Gasteiger partial charge in [0.1, 0.15) is 6.61 Å². The molecular weight excluding hydrogens is 428 g/mol. The van der Waals surface area contributed by atoms with Gasteiger partial charge >= 0.3 is 0 Å². The van der Waals surface area contributed by atoms with Gasteiger partial charge in [-0.15, -0.1) is 0 Å². The van der Waals surface area contributed by atoms with Crippen LogP contribution in [-0.4, -0.2) is 6.47 Å². The maximum atomic E-state index is 10.5. The summed E-state index contributed by atoms with van der Waals surface area (Å²) in [6.07, 6.45) is 0. The first-order valence-corrected chi connectivity index (χ1v) is 11.9. The zero-order valence-electron chi connectivity index (χ0n) is 20.3. The van der Waals surface area contributed by atoms with Gasteiger partial charge in [0.15, 0.2) is 0 Å². The van der Waals surface area contributed by atoms with E-state index in [0.29, 0.717) is 13.1 Å². The van der Waals surface area contributed by atoms with E-state index >= 15 is 0 Å². The molecule has 6 aromatic carbocycles. The fraction of sp³-hybridized carbons (Fsp3) is 0.121. The van der Waals surface area contributed by atoms with Gasteiger partial charge in [-0.2, -0.15) is 0 Å². The third-order valence-corrected chi connectivity index (χ3v) is 7.08. The van der Waals surface area contributed by atoms with Gasteiger partial charge in [0.25, 0.3) is 6.47 Å². The molecule has 172 valence electrons. The molecule has 0 aliphatic rings. The third-order valence-electron chi connectivity index (χ3n) is 7.08. The van der Waals surface area contributed by atoms with Crippen molar-refractivity contribution in [3.05, 3.63) is 119 Å². The van der Waals surface area contributed by atoms with Gasteiger partial charge in [0.2, 0.25) is 0 Å². The number of hydrogen-bond donors (Lipinski definition) is 0. The van der Waals surface area contributed by atoms with Gasteiger partial charge in [-0.05, 0) is 80.6 Å². The van der Waals surface area contributed by atoms with Crippen LogP contribution in [0.1, 0.15) is 22.3 Å². The van der Waals surface area contributed by atoms with Crippen molar-refractivity contribution < 1.29 is 9.53 Å². The molecule has 0 amide bonds. The largest absolute Gasteiger partial charge is 0.463 e. The highest BCUT2D eigenvalue weighted by Crippen LogP contribution is 2.33. The van der Waals surface area contributed by atoms with E-state index in [1.165, 1.54) is 49.0 Å². The van der Waals surface area contributed by atoms with Crippen LogP contribution in [-0.2, 0) is 16.1 Å². The predicted octanol–water partition coefficient (Wildman–Crippen LogP) is 8.58. The number of carbonyl (C=O) groups is 1. The standard InChI is InChI=1S/C17H14O2.C16H14/c1-12-13-6-2-4-8-15(13)17(10-19-11-18)16-9-5-3-7-14(12)16;1-11-13-7-3-5-9-15(13)12(2)16-10-6-4-8-14(11)16/h2-9,11H,10H2,1H3;3-10H,1-2H3. The van der Waals surface area contributed by atoms with Crippen molar-refractivity contribution >= 4 is 49.6 Å². The topological polar surface area (TPSA) is 26.3 Å². The summed E-state index contributed by atoms with van der Waals surface area (Å²) in [5.74, 6) is 0. The molecule has 6 rings (SSSR count). The summed E-state index contributed by atoms with van der Waals surface area (Å²) in [7, 11) is 0. The van der Waals surface area contributed by atoms with Crippen LogP contribution in [0.5, 0.6) is 0 Å². The van der Waals surface area contributed by atoms with Crippen LogP contribution in [0.2, 0.25) is 0 Å². The first-order valence-electron chi connectivity index (χ1n) is 11.9. The Labute approximate surface area is 205 Å². The minimum Gasteiger partial charge on any atom is -0.463 e. The lowest BCUT2D eigenvalue weighted by atomic mass is 9.93. The van der Waals surface area contributed by atoms with E-state index in [9.17, 15) is 4.79 Å². The van der Waals surface area contributed by atoms with E-state index < -0.39 is 0 Å². The van der Waals surface area contributed by atoms with E-state index in [0.717, 1.165) is 16.3 Å². The van der Waals surface area contributed by atoms with Gasteiger partial charge in [0.05, 0.1) is 0 Å². The lowest BCUT2D eigenvalue weighted by molar-refractivity contribution is -0.129. The van der Waals surface area contributed by atoms with E-state index in [1.54, 1.807) is 0 Å². The molecule has 0 saturated heterocycles. The fourth-order valence-electron chi connectivity index (χ4n) is 5.27. The summed E-state index contributed by atoms with van der Waals surface area (Å²) in [6.45, 7) is 7.37. The number of ether oxygens (including phenoxy) is 1. The van der Waals surface area contributed by atoms with E-state index in [-0.39, 0.29) is 0 Å². The monoisotopic (exact) mass is 456 g/mol. The van der Waals surface area contributed by atoms with Crippen LogP contribution >= 0.6 is 0 Å². The average Bonchev–Trinajstić information content (AvgIpc) is 2.92. The molecule has 0 aromatic heterocycles. The van der Waals surface area contributed by atoms with Crippen molar-refractivity contribution in [2.45, 2.75) is 27.4 Å². The first kappa shape index (κ1) is 22.6. The van der Waals surface area contributed by atoms with Crippen molar-refractivity contribution in [3.63, 3.8) is 0 Å². The second-order valence-electron chi connectivity index (χ2n) is 8.94. The zero-order valence-corrected chi connectivity index (χ0v) is 20.3. The van der Waals surface area contributed by atoms with E-state index in [1.807, 2.05) is 24.3 Å². The Morgan fingerprint density at radius 3 is 1.03 bits per heavy atom. The smallest absolute Gasteiger partial charge is 0.293 e. The minimum atomic E-state index is 0.310. The molecule has 35 heavy (non-hydrogen) atoms. The summed E-state index contributed by atoms with van der Waals surface area (Å²) in [5, 5.41) is 10.2. The molecule has 0 heterocycles. The van der Waals surface area contributed by atoms with Crippen LogP contribution in [0, 0.1) is 20.8 Å².